The van der Waals surface area contributed by atoms with Crippen molar-refractivity contribution in [1.29, 1.82) is 0 Å². The Balaban J connectivity index is 1.53. The quantitative estimate of drug-likeness (QED) is 0.846. The van der Waals surface area contributed by atoms with Crippen molar-refractivity contribution in [2.75, 3.05) is 7.11 Å². The number of hydrogen-bond acceptors (Lipinski definition) is 5. The second-order valence-corrected chi connectivity index (χ2v) is 7.84. The zero-order chi connectivity index (χ0) is 20.4. The van der Waals surface area contributed by atoms with Gasteiger partial charge in [0.25, 0.3) is 0 Å². The largest absolute Gasteiger partial charge is 0.481 e. The van der Waals surface area contributed by atoms with E-state index in [-0.39, 0.29) is 30.7 Å². The van der Waals surface area contributed by atoms with E-state index < -0.39 is 11.4 Å². The Morgan fingerprint density at radius 3 is 2.62 bits per heavy atom. The van der Waals surface area contributed by atoms with Crippen molar-refractivity contribution < 1.29 is 23.8 Å². The molecule has 29 heavy (non-hydrogen) atoms. The van der Waals surface area contributed by atoms with Crippen molar-refractivity contribution in [3.8, 4) is 5.88 Å². The highest BCUT2D eigenvalue weighted by Crippen LogP contribution is 2.46. The molecule has 2 aliphatic heterocycles. The molecule has 154 valence electrons. The van der Waals surface area contributed by atoms with Crippen LogP contribution in [0, 0.1) is 5.82 Å². The molecular weight excluding hydrogens is 375 g/mol. The first-order valence-corrected chi connectivity index (χ1v) is 9.91. The van der Waals surface area contributed by atoms with Gasteiger partial charge in [-0.1, -0.05) is 30.3 Å². The van der Waals surface area contributed by atoms with Crippen molar-refractivity contribution in [2.45, 2.75) is 56.4 Å². The molecule has 6 nitrogen and oxygen atoms in total. The second kappa shape index (κ2) is 7.99. The Labute approximate surface area is 169 Å². The van der Waals surface area contributed by atoms with Crippen molar-refractivity contribution in [1.82, 2.24) is 9.88 Å². The average molecular weight is 400 g/mol. The molecule has 3 heterocycles. The van der Waals surface area contributed by atoms with Crippen LogP contribution in [-0.2, 0) is 16.9 Å². The topological polar surface area (TPSA) is 71.9 Å². The number of fused-ring (bicyclic) bond motifs is 2. The molecular formula is C22H25FN2O4. The summed E-state index contributed by atoms with van der Waals surface area (Å²) in [5, 5.41) is 11.4. The van der Waals surface area contributed by atoms with Crippen LogP contribution in [0.1, 0.15) is 43.2 Å². The molecule has 2 fully saturated rings. The number of nitrogens with zero attached hydrogens (tertiary/aromatic N) is 2. The molecule has 0 aliphatic carbocycles. The van der Waals surface area contributed by atoms with E-state index in [9.17, 15) is 14.3 Å². The number of carbonyl (C=O) groups is 1. The highest BCUT2D eigenvalue weighted by Gasteiger charge is 2.50. The number of rotatable bonds is 4. The summed E-state index contributed by atoms with van der Waals surface area (Å²) in [7, 11) is 1.45. The molecule has 1 aromatic carbocycles. The zero-order valence-corrected chi connectivity index (χ0v) is 16.4. The van der Waals surface area contributed by atoms with E-state index >= 15 is 0 Å². The summed E-state index contributed by atoms with van der Waals surface area (Å²) in [6.07, 6.45) is 3.82. The number of amides is 1. The first-order valence-electron chi connectivity index (χ1n) is 9.91. The van der Waals surface area contributed by atoms with Gasteiger partial charge in [-0.05, 0) is 30.9 Å². The number of halogens is 1. The van der Waals surface area contributed by atoms with Gasteiger partial charge in [0.2, 0.25) is 5.88 Å². The van der Waals surface area contributed by atoms with Crippen molar-refractivity contribution in [3.63, 3.8) is 0 Å². The normalized spacial score (nSPS) is 26.1. The van der Waals surface area contributed by atoms with E-state index in [2.05, 4.69) is 4.98 Å². The van der Waals surface area contributed by atoms with Gasteiger partial charge in [-0.2, -0.15) is 0 Å². The van der Waals surface area contributed by atoms with Crippen LogP contribution in [0.15, 0.2) is 42.6 Å². The molecule has 2 atom stereocenters. The summed E-state index contributed by atoms with van der Waals surface area (Å²) in [6.45, 7) is 0.210. The molecule has 2 saturated heterocycles. The van der Waals surface area contributed by atoms with Crippen LogP contribution in [0.25, 0.3) is 0 Å². The molecule has 1 aromatic heterocycles. The third-order valence-corrected chi connectivity index (χ3v) is 5.94. The minimum absolute atomic E-state index is 0.177. The summed E-state index contributed by atoms with van der Waals surface area (Å²) in [6, 6.07) is 10.5. The van der Waals surface area contributed by atoms with Gasteiger partial charge >= 0.3 is 6.09 Å². The molecule has 2 bridgehead atoms. The molecule has 1 N–H and O–H groups in total. The van der Waals surface area contributed by atoms with E-state index in [1.54, 1.807) is 4.90 Å². The number of piperidine rings is 2. The summed E-state index contributed by atoms with van der Waals surface area (Å²) in [5.41, 5.74) is -0.0313. The smallest absolute Gasteiger partial charge is 0.410 e. The minimum atomic E-state index is -1.30. The molecule has 4 rings (SSSR count). The minimum Gasteiger partial charge on any atom is -0.481 e. The second-order valence-electron chi connectivity index (χ2n) is 7.84. The van der Waals surface area contributed by atoms with E-state index in [1.165, 1.54) is 13.2 Å². The van der Waals surface area contributed by atoms with Gasteiger partial charge in [0.15, 0.2) is 0 Å². The third kappa shape index (κ3) is 3.92. The van der Waals surface area contributed by atoms with Gasteiger partial charge in [0.05, 0.1) is 18.9 Å². The van der Waals surface area contributed by atoms with Crippen LogP contribution in [0.4, 0.5) is 9.18 Å². The molecule has 0 saturated carbocycles. The number of methoxy groups -OCH3 is 1. The Bertz CT molecular complexity index is 862. The number of aliphatic hydroxyl groups is 1. The van der Waals surface area contributed by atoms with E-state index in [1.807, 2.05) is 30.3 Å². The monoisotopic (exact) mass is 400 g/mol. The van der Waals surface area contributed by atoms with Gasteiger partial charge in [-0.3, -0.25) is 0 Å². The van der Waals surface area contributed by atoms with Crippen molar-refractivity contribution >= 4 is 6.09 Å². The summed E-state index contributed by atoms with van der Waals surface area (Å²) < 4.78 is 24.7. The fourth-order valence-electron chi connectivity index (χ4n) is 4.66. The van der Waals surface area contributed by atoms with Crippen LogP contribution in [0.3, 0.4) is 0 Å². The molecule has 2 aliphatic rings. The van der Waals surface area contributed by atoms with Gasteiger partial charge < -0.3 is 19.5 Å². The lowest BCUT2D eigenvalue weighted by atomic mass is 9.73. The van der Waals surface area contributed by atoms with Crippen LogP contribution in [0.5, 0.6) is 5.88 Å². The van der Waals surface area contributed by atoms with Crippen molar-refractivity contribution in [2.24, 2.45) is 0 Å². The molecule has 2 aromatic rings. The SMILES string of the molecule is COc1ncc(F)cc1C1(O)CC2CCCC(C1)N2C(=O)OCc1ccccc1. The Kier molecular flexibility index (Phi) is 5.41. The standard InChI is InChI=1S/C22H25FN2O4/c1-28-20-19(10-16(23)13-24-20)22(27)11-17-8-5-9-18(12-22)25(17)21(26)29-14-15-6-3-2-4-7-15/h2-4,6-7,10,13,17-18,27H,5,8-9,11-12,14H2,1H3. The highest BCUT2D eigenvalue weighted by atomic mass is 19.1. The van der Waals surface area contributed by atoms with Gasteiger partial charge in [0.1, 0.15) is 12.4 Å². The first kappa shape index (κ1) is 19.6. The number of benzene rings is 1. The maximum atomic E-state index is 13.9. The highest BCUT2D eigenvalue weighted by molar-refractivity contribution is 5.69. The number of carbonyl (C=O) groups excluding carboxylic acids is 1. The van der Waals surface area contributed by atoms with Crippen LogP contribution in [0.2, 0.25) is 0 Å². The molecule has 0 spiro atoms. The van der Waals surface area contributed by atoms with Crippen LogP contribution in [-0.4, -0.2) is 40.3 Å². The predicted molar refractivity (Wildman–Crippen MR) is 104 cm³/mol. The number of hydrogen-bond donors (Lipinski definition) is 1. The lowest BCUT2D eigenvalue weighted by Gasteiger charge is -2.51. The molecule has 1 amide bonds. The number of pyridine rings is 1. The Morgan fingerprint density at radius 1 is 1.28 bits per heavy atom. The summed E-state index contributed by atoms with van der Waals surface area (Å²) in [4.78, 5) is 18.6. The Morgan fingerprint density at radius 2 is 1.97 bits per heavy atom. The maximum absolute atomic E-state index is 13.9. The molecule has 7 heteroatoms. The number of ether oxygens (including phenoxy) is 2. The van der Waals surface area contributed by atoms with E-state index in [0.717, 1.165) is 31.0 Å². The van der Waals surface area contributed by atoms with Gasteiger partial charge in [-0.15, -0.1) is 0 Å². The van der Waals surface area contributed by atoms with Crippen molar-refractivity contribution in [3.05, 3.63) is 59.5 Å². The lowest BCUT2D eigenvalue weighted by molar-refractivity contribution is -0.0908. The summed E-state index contributed by atoms with van der Waals surface area (Å²) in [5.74, 6) is -0.309. The molecule has 0 radical (unpaired) electrons. The predicted octanol–water partition coefficient (Wildman–Crippen LogP) is 3.77. The third-order valence-electron chi connectivity index (χ3n) is 5.94. The zero-order valence-electron chi connectivity index (χ0n) is 16.4. The average Bonchev–Trinajstić information content (AvgIpc) is 2.72. The van der Waals surface area contributed by atoms with E-state index in [0.29, 0.717) is 18.4 Å². The van der Waals surface area contributed by atoms with Crippen LogP contribution >= 0.6 is 0 Å². The van der Waals surface area contributed by atoms with Gasteiger partial charge in [-0.25, -0.2) is 14.2 Å². The van der Waals surface area contributed by atoms with E-state index in [4.69, 9.17) is 9.47 Å². The fraction of sp³-hybridized carbons (Fsp3) is 0.455. The fourth-order valence-corrected chi connectivity index (χ4v) is 4.66. The number of aromatic nitrogens is 1. The van der Waals surface area contributed by atoms with Crippen LogP contribution < -0.4 is 4.74 Å². The Hall–Kier alpha value is -2.67. The first-order chi connectivity index (χ1) is 14.0. The summed E-state index contributed by atoms with van der Waals surface area (Å²) >= 11 is 0. The lowest BCUT2D eigenvalue weighted by Crippen LogP contribution is -2.59. The van der Waals surface area contributed by atoms with Gasteiger partial charge in [0, 0.05) is 30.5 Å². The maximum Gasteiger partial charge on any atom is 0.410 e. The molecule has 2 unspecified atom stereocenters.